The summed E-state index contributed by atoms with van der Waals surface area (Å²) in [5, 5.41) is 0. The molecular weight excluding hydrogens is 234 g/mol. The van der Waals surface area contributed by atoms with Crippen molar-refractivity contribution in [3.8, 4) is 0 Å². The summed E-state index contributed by atoms with van der Waals surface area (Å²) in [6.45, 7) is 0.795. The number of ether oxygens (including phenoxy) is 1. The summed E-state index contributed by atoms with van der Waals surface area (Å²) in [6.07, 6.45) is 1.97. The minimum atomic E-state index is 0.0253. The zero-order valence-corrected chi connectivity index (χ0v) is 11.0. The van der Waals surface area contributed by atoms with E-state index in [2.05, 4.69) is 36.4 Å². The second-order valence-corrected chi connectivity index (χ2v) is 5.06. The van der Waals surface area contributed by atoms with Crippen LogP contribution < -0.4 is 5.73 Å². The quantitative estimate of drug-likeness (QED) is 0.910. The van der Waals surface area contributed by atoms with Gasteiger partial charge in [-0.25, -0.2) is 0 Å². The van der Waals surface area contributed by atoms with Crippen molar-refractivity contribution in [1.82, 2.24) is 0 Å². The van der Waals surface area contributed by atoms with Gasteiger partial charge in [-0.2, -0.15) is 0 Å². The molecule has 3 rings (SSSR count). The van der Waals surface area contributed by atoms with Crippen molar-refractivity contribution >= 4 is 0 Å². The first-order chi connectivity index (χ1) is 9.34. The van der Waals surface area contributed by atoms with Crippen molar-refractivity contribution in [3.05, 3.63) is 71.3 Å². The van der Waals surface area contributed by atoms with Gasteiger partial charge in [-0.1, -0.05) is 54.6 Å². The second kappa shape index (κ2) is 5.55. The van der Waals surface area contributed by atoms with Crippen molar-refractivity contribution in [2.24, 2.45) is 5.73 Å². The van der Waals surface area contributed by atoms with E-state index in [1.54, 1.807) is 0 Å². The molecule has 0 saturated carbocycles. The third-order valence-electron chi connectivity index (χ3n) is 3.79. The number of hydrogen-bond acceptors (Lipinski definition) is 2. The average Bonchev–Trinajstić information content (AvgIpc) is 2.48. The fourth-order valence-corrected chi connectivity index (χ4v) is 2.74. The summed E-state index contributed by atoms with van der Waals surface area (Å²) in [7, 11) is 0. The van der Waals surface area contributed by atoms with Gasteiger partial charge in [-0.05, 0) is 29.5 Å². The lowest BCUT2D eigenvalue weighted by molar-refractivity contribution is 0.0320. The Morgan fingerprint density at radius 2 is 1.79 bits per heavy atom. The van der Waals surface area contributed by atoms with E-state index in [-0.39, 0.29) is 12.1 Å². The minimum Gasteiger partial charge on any atom is -0.373 e. The van der Waals surface area contributed by atoms with Crippen LogP contribution in [0, 0.1) is 0 Å². The maximum Gasteiger partial charge on any atom is 0.0845 e. The molecule has 2 aromatic carbocycles. The zero-order valence-electron chi connectivity index (χ0n) is 11.0. The first-order valence-corrected chi connectivity index (χ1v) is 6.84. The summed E-state index contributed by atoms with van der Waals surface area (Å²) >= 11 is 0. The van der Waals surface area contributed by atoms with Gasteiger partial charge in [0.15, 0.2) is 0 Å². The van der Waals surface area contributed by atoms with Gasteiger partial charge in [0, 0.05) is 6.04 Å². The van der Waals surface area contributed by atoms with Crippen LogP contribution in [-0.4, -0.2) is 6.61 Å². The van der Waals surface area contributed by atoms with E-state index in [0.29, 0.717) is 0 Å². The lowest BCUT2D eigenvalue weighted by Crippen LogP contribution is -2.21. The van der Waals surface area contributed by atoms with Crippen LogP contribution in [0.3, 0.4) is 0 Å². The van der Waals surface area contributed by atoms with Crippen molar-refractivity contribution in [2.75, 3.05) is 6.61 Å². The topological polar surface area (TPSA) is 35.2 Å². The van der Waals surface area contributed by atoms with Crippen LogP contribution in [0.1, 0.15) is 35.3 Å². The SMILES string of the molecule is NC(CC1OCCc2ccccc21)c1ccccc1. The van der Waals surface area contributed by atoms with E-state index in [1.807, 2.05) is 18.2 Å². The molecule has 2 unspecified atom stereocenters. The van der Waals surface area contributed by atoms with Crippen molar-refractivity contribution in [2.45, 2.75) is 25.0 Å². The molecule has 0 saturated heterocycles. The van der Waals surface area contributed by atoms with E-state index < -0.39 is 0 Å². The Morgan fingerprint density at radius 3 is 2.63 bits per heavy atom. The average molecular weight is 253 g/mol. The van der Waals surface area contributed by atoms with Crippen LogP contribution in [0.4, 0.5) is 0 Å². The van der Waals surface area contributed by atoms with Gasteiger partial charge in [-0.15, -0.1) is 0 Å². The van der Waals surface area contributed by atoms with E-state index in [9.17, 15) is 0 Å². The maximum atomic E-state index is 6.30. The molecule has 19 heavy (non-hydrogen) atoms. The van der Waals surface area contributed by atoms with Crippen LogP contribution in [0.5, 0.6) is 0 Å². The van der Waals surface area contributed by atoms with Gasteiger partial charge in [0.2, 0.25) is 0 Å². The van der Waals surface area contributed by atoms with E-state index in [0.717, 1.165) is 19.4 Å². The normalized spacial score (nSPS) is 19.7. The van der Waals surface area contributed by atoms with Crippen LogP contribution in [-0.2, 0) is 11.2 Å². The lowest BCUT2D eigenvalue weighted by atomic mass is 9.92. The fraction of sp³-hybridized carbons (Fsp3) is 0.294. The number of hydrogen-bond donors (Lipinski definition) is 1. The summed E-state index contributed by atoms with van der Waals surface area (Å²) in [5.74, 6) is 0. The van der Waals surface area contributed by atoms with Crippen molar-refractivity contribution in [1.29, 1.82) is 0 Å². The highest BCUT2D eigenvalue weighted by atomic mass is 16.5. The predicted molar refractivity (Wildman–Crippen MR) is 76.8 cm³/mol. The molecule has 2 aromatic rings. The molecule has 0 fully saturated rings. The summed E-state index contributed by atoms with van der Waals surface area (Å²) in [4.78, 5) is 0. The molecule has 0 aromatic heterocycles. The summed E-state index contributed by atoms with van der Waals surface area (Å²) in [6, 6.07) is 18.8. The maximum absolute atomic E-state index is 6.30. The molecule has 2 heteroatoms. The third-order valence-corrected chi connectivity index (χ3v) is 3.79. The molecule has 0 spiro atoms. The second-order valence-electron chi connectivity index (χ2n) is 5.06. The standard InChI is InChI=1S/C17H19NO/c18-16(14-7-2-1-3-8-14)12-17-15-9-5-4-6-13(15)10-11-19-17/h1-9,16-17H,10-12,18H2. The van der Waals surface area contributed by atoms with Crippen molar-refractivity contribution in [3.63, 3.8) is 0 Å². The Balaban J connectivity index is 1.78. The van der Waals surface area contributed by atoms with Gasteiger partial charge in [0.05, 0.1) is 12.7 Å². The molecule has 0 bridgehead atoms. The van der Waals surface area contributed by atoms with Gasteiger partial charge < -0.3 is 10.5 Å². The Hall–Kier alpha value is -1.64. The van der Waals surface area contributed by atoms with E-state index in [4.69, 9.17) is 10.5 Å². The molecule has 2 nitrogen and oxygen atoms in total. The van der Waals surface area contributed by atoms with Crippen LogP contribution in [0.15, 0.2) is 54.6 Å². The van der Waals surface area contributed by atoms with Gasteiger partial charge in [0.25, 0.3) is 0 Å². The summed E-state index contributed by atoms with van der Waals surface area (Å²) in [5.41, 5.74) is 10.2. The molecule has 1 aliphatic rings. The highest BCUT2D eigenvalue weighted by molar-refractivity contribution is 5.31. The Morgan fingerprint density at radius 1 is 1.05 bits per heavy atom. The highest BCUT2D eigenvalue weighted by Gasteiger charge is 2.23. The smallest absolute Gasteiger partial charge is 0.0845 e. The van der Waals surface area contributed by atoms with Crippen molar-refractivity contribution < 1.29 is 4.74 Å². The molecular formula is C17H19NO. The van der Waals surface area contributed by atoms with Crippen LogP contribution in [0.25, 0.3) is 0 Å². The Labute approximate surface area is 114 Å². The third kappa shape index (κ3) is 2.70. The first-order valence-electron chi connectivity index (χ1n) is 6.84. The number of nitrogens with two attached hydrogens (primary N) is 1. The summed E-state index contributed by atoms with van der Waals surface area (Å²) < 4.78 is 5.92. The van der Waals surface area contributed by atoms with Gasteiger partial charge in [0.1, 0.15) is 0 Å². The molecule has 2 N–H and O–H groups in total. The molecule has 2 atom stereocenters. The largest absolute Gasteiger partial charge is 0.373 e. The predicted octanol–water partition coefficient (Wildman–Crippen LogP) is 3.39. The number of rotatable bonds is 3. The van der Waals surface area contributed by atoms with E-state index >= 15 is 0 Å². The molecule has 0 amide bonds. The zero-order chi connectivity index (χ0) is 13.1. The first kappa shape index (κ1) is 12.4. The molecule has 98 valence electrons. The van der Waals surface area contributed by atoms with Gasteiger partial charge in [-0.3, -0.25) is 0 Å². The molecule has 1 heterocycles. The highest BCUT2D eigenvalue weighted by Crippen LogP contribution is 2.33. The number of fused-ring (bicyclic) bond motifs is 1. The Kier molecular flexibility index (Phi) is 3.62. The molecule has 0 radical (unpaired) electrons. The molecule has 1 aliphatic heterocycles. The van der Waals surface area contributed by atoms with E-state index in [1.165, 1.54) is 16.7 Å². The molecule has 0 aliphatic carbocycles. The van der Waals surface area contributed by atoms with Crippen LogP contribution >= 0.6 is 0 Å². The van der Waals surface area contributed by atoms with Crippen LogP contribution in [0.2, 0.25) is 0 Å². The monoisotopic (exact) mass is 253 g/mol. The number of benzene rings is 2. The lowest BCUT2D eigenvalue weighted by Gasteiger charge is -2.28. The fourth-order valence-electron chi connectivity index (χ4n) is 2.74. The Bertz CT molecular complexity index is 538. The minimum absolute atomic E-state index is 0.0253. The van der Waals surface area contributed by atoms with Gasteiger partial charge >= 0.3 is 0 Å².